The molecule has 1 saturated heterocycles. The molecule has 0 aliphatic carbocycles. The van der Waals surface area contributed by atoms with Crippen molar-refractivity contribution in [2.24, 2.45) is 0 Å². The van der Waals surface area contributed by atoms with Crippen LogP contribution in [-0.4, -0.2) is 46.2 Å². The number of aromatic nitrogens is 2. The van der Waals surface area contributed by atoms with Gasteiger partial charge in [-0.1, -0.05) is 6.07 Å². The molecule has 4 N–H and O–H groups in total. The molecule has 10 heteroatoms. The van der Waals surface area contributed by atoms with E-state index in [4.69, 9.17) is 5.41 Å². The Balaban J connectivity index is 0.00000241. The van der Waals surface area contributed by atoms with Crippen molar-refractivity contribution in [1.82, 2.24) is 20.2 Å². The molecule has 186 valence electrons. The van der Waals surface area contributed by atoms with E-state index in [9.17, 15) is 13.6 Å². The minimum absolute atomic E-state index is 0. The molecule has 3 aromatic rings. The smallest absolute Gasteiger partial charge is 0.320 e. The van der Waals surface area contributed by atoms with E-state index < -0.39 is 17.7 Å². The Kier molecular flexibility index (Phi) is 7.61. The Morgan fingerprint density at radius 1 is 1.26 bits per heavy atom. The highest BCUT2D eigenvalue weighted by Gasteiger charge is 2.23. The summed E-state index contributed by atoms with van der Waals surface area (Å²) >= 11 is 0. The summed E-state index contributed by atoms with van der Waals surface area (Å²) in [5.74, 6) is -0.829. The van der Waals surface area contributed by atoms with Crippen LogP contribution in [-0.2, 0) is 6.54 Å². The minimum atomic E-state index is -0.567. The van der Waals surface area contributed by atoms with Gasteiger partial charge < -0.3 is 16.0 Å². The van der Waals surface area contributed by atoms with Crippen molar-refractivity contribution >= 4 is 29.4 Å². The van der Waals surface area contributed by atoms with Crippen molar-refractivity contribution in [3.05, 3.63) is 77.2 Å². The van der Waals surface area contributed by atoms with E-state index in [-0.39, 0.29) is 21.0 Å². The number of nitrogens with one attached hydrogen (secondary N) is 4. The van der Waals surface area contributed by atoms with Crippen LogP contribution in [0.2, 0.25) is 0 Å². The highest BCUT2D eigenvalue weighted by molar-refractivity contribution is 5.92. The fourth-order valence-electron chi connectivity index (χ4n) is 4.10. The van der Waals surface area contributed by atoms with Crippen molar-refractivity contribution in [3.8, 4) is 0 Å². The number of anilines is 3. The lowest BCUT2D eigenvalue weighted by Gasteiger charge is -2.33. The summed E-state index contributed by atoms with van der Waals surface area (Å²) in [5.41, 5.74) is 2.89. The van der Waals surface area contributed by atoms with E-state index in [1.165, 1.54) is 24.4 Å². The molecule has 0 bridgehead atoms. The van der Waals surface area contributed by atoms with Crippen LogP contribution in [0, 0.1) is 24.0 Å². The highest BCUT2D eigenvalue weighted by atomic mass is 19.1. The second-order valence-corrected chi connectivity index (χ2v) is 8.48. The molecule has 1 aromatic carbocycles. The number of carbonyl (C=O) groups excluding carboxylic acids is 1. The lowest BCUT2D eigenvalue weighted by Crippen LogP contribution is -2.48. The number of carbonyl (C=O) groups is 1. The first-order valence-electron chi connectivity index (χ1n) is 11.3. The van der Waals surface area contributed by atoms with E-state index in [2.05, 4.69) is 25.9 Å². The van der Waals surface area contributed by atoms with Gasteiger partial charge in [0, 0.05) is 56.9 Å². The first kappa shape index (κ1) is 24.2. The molecule has 1 aliphatic rings. The van der Waals surface area contributed by atoms with E-state index in [0.29, 0.717) is 30.2 Å². The van der Waals surface area contributed by atoms with Gasteiger partial charge in [-0.25, -0.2) is 18.6 Å². The molecule has 1 atom stereocenters. The normalized spacial score (nSPS) is 15.9. The van der Waals surface area contributed by atoms with Gasteiger partial charge in [0.2, 0.25) is 0 Å². The quantitative estimate of drug-likeness (QED) is 0.351. The summed E-state index contributed by atoms with van der Waals surface area (Å²) in [6.07, 6.45) is 5.98. The van der Waals surface area contributed by atoms with Crippen molar-refractivity contribution in [1.29, 1.82) is 5.41 Å². The SMILES string of the molecule is Cc1cc(Nc2cnc(NC(=O)NC3CCCN(Cc4c(F)cccc4F)C3)cc2C=N)ccn1.[HH].[HH]. The average molecular weight is 484 g/mol. The van der Waals surface area contributed by atoms with Crippen molar-refractivity contribution in [3.63, 3.8) is 0 Å². The van der Waals surface area contributed by atoms with Gasteiger partial charge in [0.15, 0.2) is 0 Å². The van der Waals surface area contributed by atoms with Crippen molar-refractivity contribution < 1.29 is 16.4 Å². The molecule has 1 fully saturated rings. The van der Waals surface area contributed by atoms with Crippen LogP contribution in [0.25, 0.3) is 0 Å². The Labute approximate surface area is 205 Å². The second kappa shape index (κ2) is 11.0. The lowest BCUT2D eigenvalue weighted by molar-refractivity contribution is 0.180. The predicted molar refractivity (Wildman–Crippen MR) is 135 cm³/mol. The molecular weight excluding hydrogens is 452 g/mol. The number of hydrogen-bond donors (Lipinski definition) is 4. The number of aryl methyl sites for hydroxylation is 1. The Morgan fingerprint density at radius 3 is 2.80 bits per heavy atom. The zero-order valence-electron chi connectivity index (χ0n) is 19.3. The van der Waals surface area contributed by atoms with Crippen molar-refractivity contribution in [2.75, 3.05) is 23.7 Å². The number of urea groups is 1. The van der Waals surface area contributed by atoms with E-state index >= 15 is 0 Å². The summed E-state index contributed by atoms with van der Waals surface area (Å²) < 4.78 is 28.0. The predicted octanol–water partition coefficient (Wildman–Crippen LogP) is 5.08. The summed E-state index contributed by atoms with van der Waals surface area (Å²) in [4.78, 5) is 23.0. The van der Waals surface area contributed by atoms with Gasteiger partial charge in [-0.3, -0.25) is 15.2 Å². The molecule has 8 nitrogen and oxygen atoms in total. The molecule has 1 aliphatic heterocycles. The first-order chi connectivity index (χ1) is 16.9. The number of likely N-dealkylation sites (tertiary alicyclic amines) is 1. The highest BCUT2D eigenvalue weighted by Crippen LogP contribution is 2.22. The number of hydrogen-bond acceptors (Lipinski definition) is 6. The summed E-state index contributed by atoms with van der Waals surface area (Å²) in [7, 11) is 0. The third-order valence-electron chi connectivity index (χ3n) is 5.79. The third kappa shape index (κ3) is 6.36. The third-order valence-corrected chi connectivity index (χ3v) is 5.79. The number of halogens is 2. The van der Waals surface area contributed by atoms with Gasteiger partial charge in [-0.05, 0) is 56.6 Å². The fraction of sp³-hybridized carbons (Fsp3) is 0.280. The molecular formula is C25H31F2N7O. The Morgan fingerprint density at radius 2 is 2.06 bits per heavy atom. The number of benzene rings is 1. The number of piperidine rings is 1. The minimum Gasteiger partial charge on any atom is -0.354 e. The maximum absolute atomic E-state index is 14.0. The van der Waals surface area contributed by atoms with Crippen LogP contribution in [0.15, 0.2) is 48.8 Å². The lowest BCUT2D eigenvalue weighted by atomic mass is 10.0. The summed E-state index contributed by atoms with van der Waals surface area (Å²) in [6.45, 7) is 3.21. The topological polar surface area (TPSA) is 106 Å². The van der Waals surface area contributed by atoms with Gasteiger partial charge in [-0.15, -0.1) is 0 Å². The number of rotatable bonds is 7. The number of amides is 2. The average Bonchev–Trinajstić information content (AvgIpc) is 2.83. The largest absolute Gasteiger partial charge is 0.354 e. The maximum Gasteiger partial charge on any atom is 0.320 e. The van der Waals surface area contributed by atoms with Crippen LogP contribution in [0.5, 0.6) is 0 Å². The fourth-order valence-corrected chi connectivity index (χ4v) is 4.10. The zero-order valence-corrected chi connectivity index (χ0v) is 19.3. The molecule has 35 heavy (non-hydrogen) atoms. The van der Waals surface area contributed by atoms with Gasteiger partial charge >= 0.3 is 6.03 Å². The Hall–Kier alpha value is -3.92. The van der Waals surface area contributed by atoms with E-state index in [1.54, 1.807) is 18.5 Å². The molecule has 2 amide bonds. The molecule has 0 spiro atoms. The van der Waals surface area contributed by atoms with Crippen LogP contribution < -0.4 is 16.0 Å². The van der Waals surface area contributed by atoms with Crippen LogP contribution >= 0.6 is 0 Å². The van der Waals surface area contributed by atoms with E-state index in [0.717, 1.165) is 24.2 Å². The molecule has 0 radical (unpaired) electrons. The van der Waals surface area contributed by atoms with Crippen LogP contribution in [0.4, 0.5) is 30.8 Å². The maximum atomic E-state index is 14.0. The standard InChI is InChI=1S/C25H27F2N7O.2H2/c1-16-10-18(7-8-29-16)31-23-13-30-24(11-17(23)12-28)33-25(35)32-19-4-3-9-34(14-19)15-20-21(26)5-2-6-22(20)27;;/h2,5-8,10-13,19,28H,3-4,9,14-15H2,1H3,(H,29,31)(H2,30,32,33,35);2*1H. The number of nitrogens with zero attached hydrogens (tertiary/aromatic N) is 3. The zero-order chi connectivity index (χ0) is 24.8. The molecule has 0 saturated carbocycles. The Bertz CT molecular complexity index is 1210. The molecule has 2 aromatic heterocycles. The number of pyridine rings is 2. The van der Waals surface area contributed by atoms with Crippen LogP contribution in [0.1, 0.15) is 32.5 Å². The van der Waals surface area contributed by atoms with Gasteiger partial charge in [0.1, 0.15) is 17.5 Å². The monoisotopic (exact) mass is 483 g/mol. The summed E-state index contributed by atoms with van der Waals surface area (Å²) in [5, 5.41) is 16.5. The van der Waals surface area contributed by atoms with Crippen molar-refractivity contribution in [2.45, 2.75) is 32.4 Å². The molecule has 4 rings (SSSR count). The molecule has 3 heterocycles. The van der Waals surface area contributed by atoms with Gasteiger partial charge in [-0.2, -0.15) is 0 Å². The first-order valence-corrected chi connectivity index (χ1v) is 11.3. The van der Waals surface area contributed by atoms with Gasteiger partial charge in [0.25, 0.3) is 0 Å². The second-order valence-electron chi connectivity index (χ2n) is 8.48. The van der Waals surface area contributed by atoms with E-state index in [1.807, 2.05) is 24.0 Å². The van der Waals surface area contributed by atoms with Gasteiger partial charge in [0.05, 0.1) is 11.9 Å². The molecule has 1 unspecified atom stereocenters. The summed E-state index contributed by atoms with van der Waals surface area (Å²) in [6, 6.07) is 8.55. The van der Waals surface area contributed by atoms with Crippen LogP contribution in [0.3, 0.4) is 0 Å².